The minimum Gasteiger partial charge on any atom is -0.466 e. The average molecular weight is 268 g/mol. The van der Waals surface area contributed by atoms with Crippen LogP contribution in [0.3, 0.4) is 0 Å². The molecule has 0 aliphatic carbocycles. The third-order valence-electron chi connectivity index (χ3n) is 1.27. The van der Waals surface area contributed by atoms with Crippen molar-refractivity contribution in [2.75, 3.05) is 11.5 Å². The number of ether oxygens (including phenoxy) is 1. The van der Waals surface area contributed by atoms with E-state index in [0.717, 1.165) is 22.8 Å². The lowest BCUT2D eigenvalue weighted by Crippen LogP contribution is -1.95. The number of carbonyl (C=O) groups excluding carboxylic acids is 1. The van der Waals surface area contributed by atoms with Crippen molar-refractivity contribution in [3.63, 3.8) is 0 Å². The van der Waals surface area contributed by atoms with E-state index < -0.39 is 0 Å². The van der Waals surface area contributed by atoms with Gasteiger partial charge in [0.15, 0.2) is 0 Å². The molecule has 0 aromatic rings. The maximum atomic E-state index is 10.7. The second-order valence-electron chi connectivity index (χ2n) is 2.31. The Morgan fingerprint density at radius 3 is 2.73 bits per heavy atom. The topological polar surface area (TPSA) is 26.3 Å². The first-order valence-corrected chi connectivity index (χ1v) is 5.04. The Kier molecular flexibility index (Phi) is 6.60. The van der Waals surface area contributed by atoms with E-state index in [-0.39, 0.29) is 5.97 Å². The lowest BCUT2D eigenvalue weighted by atomic mass is 10.2. The van der Waals surface area contributed by atoms with Gasteiger partial charge in [-0.2, -0.15) is 0 Å². The maximum absolute atomic E-state index is 10.7. The van der Waals surface area contributed by atoms with Crippen LogP contribution in [-0.2, 0) is 9.53 Å². The zero-order valence-electron chi connectivity index (χ0n) is 6.89. The molecule has 2 nitrogen and oxygen atoms in total. The number of allylic oxidation sites excluding steroid dienone is 1. The minimum absolute atomic E-state index is 0.254. The van der Waals surface area contributed by atoms with Gasteiger partial charge in [0.1, 0.15) is 0 Å². The largest absolute Gasteiger partial charge is 0.466 e. The molecule has 11 heavy (non-hydrogen) atoms. The summed E-state index contributed by atoms with van der Waals surface area (Å²) < 4.78 is 5.61. The van der Waals surface area contributed by atoms with Gasteiger partial charge in [-0.1, -0.05) is 28.2 Å². The van der Waals surface area contributed by atoms with E-state index in [1.54, 1.807) is 6.08 Å². The van der Waals surface area contributed by atoms with Crippen LogP contribution < -0.4 is 0 Å². The van der Waals surface area contributed by atoms with Crippen molar-refractivity contribution in [2.24, 2.45) is 0 Å². The monoisotopic (exact) mass is 268 g/mol. The molecule has 0 heterocycles. The van der Waals surface area contributed by atoms with Crippen LogP contribution in [0.1, 0.15) is 19.8 Å². The number of halogens is 1. The Morgan fingerprint density at radius 1 is 1.64 bits per heavy atom. The van der Waals surface area contributed by atoms with Crippen molar-refractivity contribution in [3.8, 4) is 0 Å². The minimum atomic E-state index is -0.254. The van der Waals surface area contributed by atoms with Gasteiger partial charge in [-0.15, -0.1) is 0 Å². The zero-order chi connectivity index (χ0) is 8.69. The molecule has 0 amide bonds. The first-order valence-electron chi connectivity index (χ1n) is 3.51. The van der Waals surface area contributed by atoms with Crippen LogP contribution >= 0.6 is 22.6 Å². The molecule has 64 valence electrons. The van der Waals surface area contributed by atoms with Crippen molar-refractivity contribution in [1.29, 1.82) is 0 Å². The van der Waals surface area contributed by atoms with Gasteiger partial charge in [0, 0.05) is 6.08 Å². The Bertz CT molecular complexity index is 152. The third kappa shape index (κ3) is 6.34. The van der Waals surface area contributed by atoms with Crippen LogP contribution in [0.5, 0.6) is 0 Å². The van der Waals surface area contributed by atoms with Crippen LogP contribution in [-0.4, -0.2) is 17.5 Å². The van der Waals surface area contributed by atoms with Crippen molar-refractivity contribution in [1.82, 2.24) is 0 Å². The van der Waals surface area contributed by atoms with Crippen molar-refractivity contribution < 1.29 is 9.53 Å². The normalized spacial score (nSPS) is 11.4. The van der Waals surface area contributed by atoms with E-state index in [9.17, 15) is 4.79 Å². The van der Waals surface area contributed by atoms with Gasteiger partial charge in [0.25, 0.3) is 0 Å². The molecule has 0 aliphatic rings. The number of methoxy groups -OCH3 is 1. The summed E-state index contributed by atoms with van der Waals surface area (Å²) in [6, 6.07) is 0. The molecular formula is C8H13IO2. The first-order chi connectivity index (χ1) is 5.20. The highest BCUT2D eigenvalue weighted by molar-refractivity contribution is 14.1. The zero-order valence-corrected chi connectivity index (χ0v) is 9.05. The van der Waals surface area contributed by atoms with E-state index in [1.165, 1.54) is 7.11 Å². The number of carbonyl (C=O) groups is 1. The molecule has 0 unspecified atom stereocenters. The van der Waals surface area contributed by atoms with Gasteiger partial charge < -0.3 is 4.74 Å². The second-order valence-corrected chi connectivity index (χ2v) is 3.39. The van der Waals surface area contributed by atoms with Crippen LogP contribution in [0, 0.1) is 0 Å². The highest BCUT2D eigenvalue weighted by atomic mass is 127. The van der Waals surface area contributed by atoms with Crippen LogP contribution in [0.2, 0.25) is 0 Å². The molecule has 0 aliphatic heterocycles. The molecule has 0 saturated carbocycles. The fourth-order valence-electron chi connectivity index (χ4n) is 0.678. The van der Waals surface area contributed by atoms with Gasteiger partial charge in [0.2, 0.25) is 0 Å². The average Bonchev–Trinajstić information content (AvgIpc) is 2.00. The molecule has 0 aromatic heterocycles. The molecule has 0 N–H and O–H groups in total. The summed E-state index contributed by atoms with van der Waals surface area (Å²) in [4.78, 5) is 10.7. The standard InChI is InChI=1S/C8H13IO2/c1-7(4-3-5-9)6-8(10)11-2/h6H,3-5H2,1-2H3. The SMILES string of the molecule is COC(=O)C=C(C)CCCI. The quantitative estimate of drug-likeness (QED) is 0.338. The van der Waals surface area contributed by atoms with Gasteiger partial charge in [-0.05, 0) is 24.2 Å². The van der Waals surface area contributed by atoms with Crippen LogP contribution in [0.15, 0.2) is 11.6 Å². The summed E-state index contributed by atoms with van der Waals surface area (Å²) >= 11 is 2.32. The highest BCUT2D eigenvalue weighted by Crippen LogP contribution is 2.05. The Labute approximate surface area is 81.1 Å². The summed E-state index contributed by atoms with van der Waals surface area (Å²) in [5.74, 6) is -0.254. The third-order valence-corrected chi connectivity index (χ3v) is 2.03. The van der Waals surface area contributed by atoms with Crippen LogP contribution in [0.25, 0.3) is 0 Å². The molecule has 0 bridgehead atoms. The van der Waals surface area contributed by atoms with E-state index in [4.69, 9.17) is 0 Å². The molecule has 0 atom stereocenters. The van der Waals surface area contributed by atoms with Gasteiger partial charge in [0.05, 0.1) is 7.11 Å². The lowest BCUT2D eigenvalue weighted by molar-refractivity contribution is -0.134. The van der Waals surface area contributed by atoms with E-state index >= 15 is 0 Å². The van der Waals surface area contributed by atoms with Crippen molar-refractivity contribution in [3.05, 3.63) is 11.6 Å². The first kappa shape index (κ1) is 10.9. The molecule has 0 rings (SSSR count). The number of rotatable bonds is 4. The van der Waals surface area contributed by atoms with Gasteiger partial charge in [-0.3, -0.25) is 0 Å². The summed E-state index contributed by atoms with van der Waals surface area (Å²) in [5, 5.41) is 0. The number of hydrogen-bond acceptors (Lipinski definition) is 2. The molecule has 0 aromatic carbocycles. The smallest absolute Gasteiger partial charge is 0.330 e. The molecule has 0 fully saturated rings. The number of alkyl halides is 1. The Balaban J connectivity index is 3.70. The predicted octanol–water partition coefficient (Wildman–Crippen LogP) is 2.32. The lowest BCUT2D eigenvalue weighted by Gasteiger charge is -1.97. The van der Waals surface area contributed by atoms with Crippen LogP contribution in [0.4, 0.5) is 0 Å². The number of esters is 1. The van der Waals surface area contributed by atoms with E-state index in [1.807, 2.05) is 6.92 Å². The predicted molar refractivity (Wildman–Crippen MR) is 53.9 cm³/mol. The Hall–Kier alpha value is -0.0600. The summed E-state index contributed by atoms with van der Waals surface area (Å²) in [6.07, 6.45) is 3.66. The van der Waals surface area contributed by atoms with Gasteiger partial charge >= 0.3 is 5.97 Å². The molecular weight excluding hydrogens is 255 g/mol. The van der Waals surface area contributed by atoms with Crippen molar-refractivity contribution >= 4 is 28.6 Å². The molecule has 3 heteroatoms. The maximum Gasteiger partial charge on any atom is 0.330 e. The van der Waals surface area contributed by atoms with E-state index in [0.29, 0.717) is 0 Å². The fourth-order valence-corrected chi connectivity index (χ4v) is 1.06. The fraction of sp³-hybridized carbons (Fsp3) is 0.625. The highest BCUT2D eigenvalue weighted by Gasteiger charge is 1.95. The number of hydrogen-bond donors (Lipinski definition) is 0. The van der Waals surface area contributed by atoms with E-state index in [2.05, 4.69) is 27.3 Å². The van der Waals surface area contributed by atoms with Gasteiger partial charge in [-0.25, -0.2) is 4.79 Å². The summed E-state index contributed by atoms with van der Waals surface area (Å²) in [7, 11) is 1.39. The van der Waals surface area contributed by atoms with Crippen molar-refractivity contribution in [2.45, 2.75) is 19.8 Å². The second kappa shape index (κ2) is 6.64. The Morgan fingerprint density at radius 2 is 2.27 bits per heavy atom. The molecule has 0 radical (unpaired) electrons. The summed E-state index contributed by atoms with van der Waals surface area (Å²) in [5.41, 5.74) is 1.09. The molecule has 0 spiro atoms. The molecule has 0 saturated heterocycles. The summed E-state index contributed by atoms with van der Waals surface area (Å²) in [6.45, 7) is 1.95.